The normalized spacial score (nSPS) is 11.4. The van der Waals surface area contributed by atoms with E-state index in [4.69, 9.17) is 4.74 Å². The molecule has 4 heteroatoms. The predicted octanol–water partition coefficient (Wildman–Crippen LogP) is 2.29. The molecule has 1 aromatic rings. The fraction of sp³-hybridized carbons (Fsp3) is 0.462. The van der Waals surface area contributed by atoms with E-state index < -0.39 is 17.3 Å². The highest BCUT2D eigenvalue weighted by molar-refractivity contribution is 5.95. The first-order chi connectivity index (χ1) is 7.85. The minimum Gasteiger partial charge on any atom is -0.382 e. The van der Waals surface area contributed by atoms with Crippen molar-refractivity contribution in [2.75, 3.05) is 13.7 Å². The minimum atomic E-state index is -0.525. The molecule has 0 aliphatic heterocycles. The third-order valence-corrected chi connectivity index (χ3v) is 2.33. The molecule has 0 radical (unpaired) electrons. The number of amides is 1. The van der Waals surface area contributed by atoms with Crippen LogP contribution in [0.4, 0.5) is 4.39 Å². The largest absolute Gasteiger partial charge is 0.382 e. The Labute approximate surface area is 101 Å². The molecule has 0 saturated heterocycles. The van der Waals surface area contributed by atoms with Crippen molar-refractivity contribution in [1.29, 1.82) is 0 Å². The van der Waals surface area contributed by atoms with E-state index in [2.05, 4.69) is 5.32 Å². The summed E-state index contributed by atoms with van der Waals surface area (Å²) < 4.78 is 18.6. The number of ether oxygens (including phenoxy) is 1. The number of methoxy groups -OCH3 is 1. The van der Waals surface area contributed by atoms with Gasteiger partial charge in [0.25, 0.3) is 5.91 Å². The molecule has 0 atom stereocenters. The summed E-state index contributed by atoms with van der Waals surface area (Å²) in [5.41, 5.74) is 0.318. The van der Waals surface area contributed by atoms with Crippen molar-refractivity contribution in [3.63, 3.8) is 0 Å². The smallest absolute Gasteiger partial charge is 0.254 e. The highest BCUT2D eigenvalue weighted by Crippen LogP contribution is 2.12. The third-order valence-electron chi connectivity index (χ3n) is 2.33. The topological polar surface area (TPSA) is 38.3 Å². The molecule has 1 amide bonds. The van der Waals surface area contributed by atoms with Gasteiger partial charge in [-0.3, -0.25) is 4.79 Å². The quantitative estimate of drug-likeness (QED) is 0.875. The lowest BCUT2D eigenvalue weighted by Gasteiger charge is -2.25. The SMILES string of the molecule is COCC(C)(C)NC(=O)c1ccc(C)cc1F. The number of halogens is 1. The first-order valence-corrected chi connectivity index (χ1v) is 5.43. The Hall–Kier alpha value is -1.42. The second-order valence-electron chi connectivity index (χ2n) is 4.75. The van der Waals surface area contributed by atoms with Crippen LogP contribution in [0.2, 0.25) is 0 Å². The van der Waals surface area contributed by atoms with Gasteiger partial charge in [-0.1, -0.05) is 6.07 Å². The first-order valence-electron chi connectivity index (χ1n) is 5.43. The van der Waals surface area contributed by atoms with Gasteiger partial charge in [0.1, 0.15) is 5.82 Å². The van der Waals surface area contributed by atoms with Gasteiger partial charge >= 0.3 is 0 Å². The van der Waals surface area contributed by atoms with Gasteiger partial charge < -0.3 is 10.1 Å². The number of carbonyl (C=O) groups is 1. The standard InChI is InChI=1S/C13H18FNO2/c1-9-5-6-10(11(14)7-9)12(16)15-13(2,3)8-17-4/h5-7H,8H2,1-4H3,(H,15,16). The lowest BCUT2D eigenvalue weighted by molar-refractivity contribution is 0.0816. The van der Waals surface area contributed by atoms with Crippen LogP contribution in [0.15, 0.2) is 18.2 Å². The summed E-state index contributed by atoms with van der Waals surface area (Å²) in [5, 5.41) is 2.73. The van der Waals surface area contributed by atoms with Gasteiger partial charge in [-0.15, -0.1) is 0 Å². The average molecular weight is 239 g/mol. The second kappa shape index (κ2) is 5.27. The van der Waals surface area contributed by atoms with Gasteiger partial charge in [-0.05, 0) is 38.5 Å². The van der Waals surface area contributed by atoms with Gasteiger partial charge in [-0.2, -0.15) is 0 Å². The zero-order chi connectivity index (χ0) is 13.1. The van der Waals surface area contributed by atoms with E-state index in [1.165, 1.54) is 12.1 Å². The van der Waals surface area contributed by atoms with Gasteiger partial charge in [0.2, 0.25) is 0 Å². The maximum absolute atomic E-state index is 13.6. The van der Waals surface area contributed by atoms with Crippen molar-refractivity contribution in [1.82, 2.24) is 5.32 Å². The Morgan fingerprint density at radius 1 is 1.47 bits per heavy atom. The monoisotopic (exact) mass is 239 g/mol. The Morgan fingerprint density at radius 3 is 2.65 bits per heavy atom. The maximum atomic E-state index is 13.6. The van der Waals surface area contributed by atoms with Gasteiger partial charge in [0.15, 0.2) is 0 Å². The van der Waals surface area contributed by atoms with Crippen molar-refractivity contribution >= 4 is 5.91 Å². The molecule has 1 N–H and O–H groups in total. The fourth-order valence-electron chi connectivity index (χ4n) is 1.58. The zero-order valence-electron chi connectivity index (χ0n) is 10.6. The van der Waals surface area contributed by atoms with E-state index in [0.717, 1.165) is 5.56 Å². The van der Waals surface area contributed by atoms with Crippen LogP contribution in [0.5, 0.6) is 0 Å². The molecule has 1 rings (SSSR count). The maximum Gasteiger partial charge on any atom is 0.254 e. The Bertz CT molecular complexity index is 416. The average Bonchev–Trinajstić information content (AvgIpc) is 2.15. The number of hydrogen-bond donors (Lipinski definition) is 1. The molecule has 0 heterocycles. The first kappa shape index (κ1) is 13.6. The third kappa shape index (κ3) is 3.82. The van der Waals surface area contributed by atoms with Gasteiger partial charge in [-0.25, -0.2) is 4.39 Å². The van der Waals surface area contributed by atoms with E-state index in [-0.39, 0.29) is 5.56 Å². The Morgan fingerprint density at radius 2 is 2.12 bits per heavy atom. The van der Waals surface area contributed by atoms with Crippen molar-refractivity contribution in [2.24, 2.45) is 0 Å². The summed E-state index contributed by atoms with van der Waals surface area (Å²) in [6.45, 7) is 5.78. The molecule has 94 valence electrons. The van der Waals surface area contributed by atoms with Gasteiger partial charge in [0, 0.05) is 7.11 Å². The lowest BCUT2D eigenvalue weighted by Crippen LogP contribution is -2.47. The minimum absolute atomic E-state index is 0.0554. The molecular formula is C13H18FNO2. The summed E-state index contributed by atoms with van der Waals surface area (Å²) in [7, 11) is 1.56. The molecule has 0 aromatic heterocycles. The van der Waals surface area contributed by atoms with E-state index in [1.807, 2.05) is 13.8 Å². The highest BCUT2D eigenvalue weighted by atomic mass is 19.1. The van der Waals surface area contributed by atoms with E-state index in [9.17, 15) is 9.18 Å². The molecule has 17 heavy (non-hydrogen) atoms. The Kier molecular flexibility index (Phi) is 4.23. The van der Waals surface area contributed by atoms with E-state index in [0.29, 0.717) is 6.61 Å². The highest BCUT2D eigenvalue weighted by Gasteiger charge is 2.22. The summed E-state index contributed by atoms with van der Waals surface area (Å²) in [6, 6.07) is 4.54. The van der Waals surface area contributed by atoms with Crippen molar-refractivity contribution < 1.29 is 13.9 Å². The lowest BCUT2D eigenvalue weighted by atomic mass is 10.1. The molecule has 0 unspecified atom stereocenters. The Balaban J connectivity index is 2.83. The van der Waals surface area contributed by atoms with Crippen LogP contribution < -0.4 is 5.32 Å². The van der Waals surface area contributed by atoms with Crippen LogP contribution in [-0.4, -0.2) is 25.2 Å². The number of nitrogens with one attached hydrogen (secondary N) is 1. The molecular weight excluding hydrogens is 221 g/mol. The van der Waals surface area contributed by atoms with Crippen LogP contribution in [0, 0.1) is 12.7 Å². The number of hydrogen-bond acceptors (Lipinski definition) is 2. The molecule has 0 spiro atoms. The molecule has 1 aromatic carbocycles. The van der Waals surface area contributed by atoms with Crippen LogP contribution in [0.1, 0.15) is 29.8 Å². The molecule has 0 saturated carbocycles. The number of carbonyl (C=O) groups excluding carboxylic acids is 1. The van der Waals surface area contributed by atoms with Crippen molar-refractivity contribution in [3.05, 3.63) is 35.1 Å². The van der Waals surface area contributed by atoms with Crippen LogP contribution in [0.3, 0.4) is 0 Å². The molecule has 0 fully saturated rings. The number of aryl methyl sites for hydroxylation is 1. The second-order valence-corrected chi connectivity index (χ2v) is 4.75. The van der Waals surface area contributed by atoms with Crippen LogP contribution in [-0.2, 0) is 4.74 Å². The summed E-state index contributed by atoms with van der Waals surface area (Å²) in [6.07, 6.45) is 0. The van der Waals surface area contributed by atoms with Crippen molar-refractivity contribution in [3.8, 4) is 0 Å². The summed E-state index contributed by atoms with van der Waals surface area (Å²) >= 11 is 0. The zero-order valence-corrected chi connectivity index (χ0v) is 10.6. The van der Waals surface area contributed by atoms with Gasteiger partial charge in [0.05, 0.1) is 17.7 Å². The fourth-order valence-corrected chi connectivity index (χ4v) is 1.58. The number of benzene rings is 1. The van der Waals surface area contributed by atoms with E-state index >= 15 is 0 Å². The molecule has 3 nitrogen and oxygen atoms in total. The predicted molar refractivity (Wildman–Crippen MR) is 64.6 cm³/mol. The molecule has 0 aliphatic carbocycles. The molecule has 0 bridgehead atoms. The molecule has 0 aliphatic rings. The van der Waals surface area contributed by atoms with Crippen LogP contribution in [0.25, 0.3) is 0 Å². The van der Waals surface area contributed by atoms with Crippen molar-refractivity contribution in [2.45, 2.75) is 26.3 Å². The number of rotatable bonds is 4. The van der Waals surface area contributed by atoms with Crippen LogP contribution >= 0.6 is 0 Å². The summed E-state index contributed by atoms with van der Waals surface area (Å²) in [5.74, 6) is -0.930. The van der Waals surface area contributed by atoms with E-state index in [1.54, 1.807) is 20.1 Å². The summed E-state index contributed by atoms with van der Waals surface area (Å²) in [4.78, 5) is 11.9.